The van der Waals surface area contributed by atoms with Crippen molar-refractivity contribution in [3.63, 3.8) is 0 Å². The molecular weight excluding hydrogens is 130 g/mol. The van der Waals surface area contributed by atoms with Crippen molar-refractivity contribution in [2.45, 2.75) is 4.90 Å². The lowest BCUT2D eigenvalue weighted by atomic mass is 10.3. The van der Waals surface area contributed by atoms with Gasteiger partial charge in [0.25, 0.3) is 0 Å². The fourth-order valence-electron chi connectivity index (χ4n) is 0.673. The Morgan fingerprint density at radius 3 is 2.44 bits per heavy atom. The molecule has 9 heavy (non-hydrogen) atoms. The fourth-order valence-corrected chi connectivity index (χ4v) is 0.922. The summed E-state index contributed by atoms with van der Waals surface area (Å²) < 4.78 is 0. The zero-order valence-electron chi connectivity index (χ0n) is 5.22. The van der Waals surface area contributed by atoms with Crippen molar-refractivity contribution < 1.29 is 0 Å². The van der Waals surface area contributed by atoms with Crippen molar-refractivity contribution in [1.29, 1.82) is 0 Å². The summed E-state index contributed by atoms with van der Waals surface area (Å²) in [6, 6.07) is 7.76. The van der Waals surface area contributed by atoms with Gasteiger partial charge < -0.3 is 5.32 Å². The molecule has 0 amide bonds. The van der Waals surface area contributed by atoms with Crippen LogP contribution in [-0.2, 0) is 0 Å². The summed E-state index contributed by atoms with van der Waals surface area (Å²) in [5.41, 5.74) is 1.02. The zero-order valence-corrected chi connectivity index (χ0v) is 6.03. The van der Waals surface area contributed by atoms with Gasteiger partial charge in [-0.1, -0.05) is 24.8 Å². The third-order valence-corrected chi connectivity index (χ3v) is 1.51. The van der Waals surface area contributed by atoms with Gasteiger partial charge in [-0.05, 0) is 12.1 Å². The Morgan fingerprint density at radius 2 is 2.00 bits per heavy atom. The lowest BCUT2D eigenvalue weighted by Gasteiger charge is -1.99. The summed E-state index contributed by atoms with van der Waals surface area (Å²) in [4.78, 5) is 0.875. The summed E-state index contributed by atoms with van der Waals surface area (Å²) in [6.07, 6.45) is 0. The van der Waals surface area contributed by atoms with E-state index in [1.54, 1.807) is 0 Å². The van der Waals surface area contributed by atoms with Gasteiger partial charge in [-0.2, -0.15) is 0 Å². The average Bonchev–Trinajstić information content (AvgIpc) is 1.89. The molecule has 0 unspecified atom stereocenters. The molecule has 1 aromatic carbocycles. The van der Waals surface area contributed by atoms with Crippen LogP contribution < -0.4 is 5.32 Å². The van der Waals surface area contributed by atoms with Crippen LogP contribution >= 0.6 is 12.6 Å². The molecule has 0 fully saturated rings. The highest BCUT2D eigenvalue weighted by Crippen LogP contribution is 2.16. The van der Waals surface area contributed by atoms with Crippen LogP contribution in [0.1, 0.15) is 0 Å². The monoisotopic (exact) mass is 138 g/mol. The highest BCUT2D eigenvalue weighted by atomic mass is 32.1. The molecule has 0 aliphatic carbocycles. The quantitative estimate of drug-likeness (QED) is 0.627. The van der Waals surface area contributed by atoms with E-state index in [9.17, 15) is 0 Å². The van der Waals surface area contributed by atoms with Crippen LogP contribution in [0.5, 0.6) is 0 Å². The van der Waals surface area contributed by atoms with Gasteiger partial charge in [-0.15, -0.1) is 0 Å². The summed E-state index contributed by atoms with van der Waals surface area (Å²) in [7, 11) is 1.87. The zero-order chi connectivity index (χ0) is 6.69. The number of hydrogen-bond acceptors (Lipinski definition) is 1. The Hall–Kier alpha value is -0.760. The molecule has 1 N–H and O–H groups in total. The predicted octanol–water partition coefficient (Wildman–Crippen LogP) is 2.28. The predicted molar refractivity (Wildman–Crippen MR) is 41.8 cm³/mol. The highest BCUT2D eigenvalue weighted by Gasteiger charge is 1.91. The molecule has 0 spiro atoms. The third-order valence-electron chi connectivity index (χ3n) is 1.16. The van der Waals surface area contributed by atoms with E-state index in [2.05, 4.69) is 5.32 Å². The first-order valence-electron chi connectivity index (χ1n) is 2.78. The van der Waals surface area contributed by atoms with E-state index in [1.165, 1.54) is 0 Å². The molecule has 0 saturated heterocycles. The first-order chi connectivity index (χ1) is 4.34. The molecule has 0 heterocycles. The molecule has 47 valence electrons. The molecule has 0 bridgehead atoms. The highest BCUT2D eigenvalue weighted by molar-refractivity contribution is 7.80. The van der Waals surface area contributed by atoms with E-state index in [0.717, 1.165) is 10.6 Å². The topological polar surface area (TPSA) is 12.0 Å². The van der Waals surface area contributed by atoms with Crippen LogP contribution in [0.2, 0.25) is 0 Å². The lowest BCUT2D eigenvalue weighted by molar-refractivity contribution is 1.39. The summed E-state index contributed by atoms with van der Waals surface area (Å²) in [6.45, 7) is 0. The number of nitrogens with one attached hydrogen (secondary N) is 1. The number of benzene rings is 1. The minimum atomic E-state index is 0.875. The van der Waals surface area contributed by atoms with Crippen LogP contribution in [0.15, 0.2) is 29.2 Å². The summed E-state index contributed by atoms with van der Waals surface area (Å²) >= 11 is 4.99. The van der Waals surface area contributed by atoms with Gasteiger partial charge in [-0.3, -0.25) is 0 Å². The molecule has 2 heteroatoms. The molecule has 1 nitrogen and oxygen atoms in total. The van der Waals surface area contributed by atoms with Gasteiger partial charge in [0.1, 0.15) is 0 Å². The van der Waals surface area contributed by atoms with Crippen LogP contribution in [0, 0.1) is 0 Å². The maximum atomic E-state index is 4.99. The van der Waals surface area contributed by atoms with Gasteiger partial charge in [0, 0.05) is 7.05 Å². The first kappa shape index (κ1) is 6.36. The van der Waals surface area contributed by atoms with E-state index < -0.39 is 0 Å². The fraction of sp³-hybridized carbons (Fsp3) is 0.143. The lowest BCUT2D eigenvalue weighted by Crippen LogP contribution is -1.87. The molecule has 0 aromatic heterocycles. The minimum absolute atomic E-state index is 0.875. The summed E-state index contributed by atoms with van der Waals surface area (Å²) in [5.74, 6) is 0. The van der Waals surface area contributed by atoms with Gasteiger partial charge >= 0.3 is 0 Å². The van der Waals surface area contributed by atoms with E-state index in [-0.39, 0.29) is 0 Å². The number of para-hydroxylation sites is 1. The van der Waals surface area contributed by atoms with E-state index in [1.807, 2.05) is 31.3 Å². The largest absolute Gasteiger partial charge is 0.387 e. The standard InChI is InChI=1S/C7H8NS/c1-8-6-4-2-3-5-7(6)9/h2-5,8H,1H3. The van der Waals surface area contributed by atoms with Crippen molar-refractivity contribution in [1.82, 2.24) is 0 Å². The van der Waals surface area contributed by atoms with Crippen LogP contribution in [0.3, 0.4) is 0 Å². The van der Waals surface area contributed by atoms with Crippen molar-refractivity contribution in [2.75, 3.05) is 12.4 Å². The number of rotatable bonds is 1. The molecule has 0 aliphatic rings. The van der Waals surface area contributed by atoms with Crippen molar-refractivity contribution in [2.24, 2.45) is 0 Å². The van der Waals surface area contributed by atoms with Gasteiger partial charge in [0.05, 0.1) is 10.6 Å². The normalized spacial score (nSPS) is 9.00. The molecule has 1 aromatic rings. The molecule has 0 saturated carbocycles. The van der Waals surface area contributed by atoms with Crippen LogP contribution in [0.4, 0.5) is 5.69 Å². The second-order valence-corrected chi connectivity index (χ2v) is 2.19. The van der Waals surface area contributed by atoms with E-state index in [0.29, 0.717) is 0 Å². The Labute approximate surface area is 60.5 Å². The van der Waals surface area contributed by atoms with Crippen molar-refractivity contribution in [3.05, 3.63) is 24.3 Å². The van der Waals surface area contributed by atoms with Crippen molar-refractivity contribution in [3.8, 4) is 0 Å². The Bertz CT molecular complexity index is 198. The van der Waals surface area contributed by atoms with Gasteiger partial charge in [0.2, 0.25) is 0 Å². The van der Waals surface area contributed by atoms with Crippen LogP contribution in [0.25, 0.3) is 0 Å². The molecular formula is C7H8NS. The van der Waals surface area contributed by atoms with E-state index in [4.69, 9.17) is 12.6 Å². The molecule has 0 aliphatic heterocycles. The SMILES string of the molecule is CNc1ccccc1[S]. The maximum Gasteiger partial charge on any atom is 0.0608 e. The number of hydrogen-bond donors (Lipinski definition) is 1. The summed E-state index contributed by atoms with van der Waals surface area (Å²) in [5, 5.41) is 2.99. The second kappa shape index (κ2) is 2.69. The van der Waals surface area contributed by atoms with Crippen LogP contribution in [-0.4, -0.2) is 7.05 Å². The minimum Gasteiger partial charge on any atom is -0.387 e. The Balaban J connectivity index is 3.01. The Morgan fingerprint density at radius 1 is 1.33 bits per heavy atom. The van der Waals surface area contributed by atoms with Gasteiger partial charge in [-0.25, -0.2) is 0 Å². The molecule has 0 atom stereocenters. The molecule has 1 rings (SSSR count). The Kier molecular flexibility index (Phi) is 1.90. The second-order valence-electron chi connectivity index (χ2n) is 1.75. The maximum absolute atomic E-state index is 4.99. The first-order valence-corrected chi connectivity index (χ1v) is 3.19. The van der Waals surface area contributed by atoms with E-state index >= 15 is 0 Å². The average molecular weight is 138 g/mol. The van der Waals surface area contributed by atoms with Gasteiger partial charge in [0.15, 0.2) is 0 Å². The van der Waals surface area contributed by atoms with Crippen molar-refractivity contribution >= 4 is 18.3 Å². The number of anilines is 1. The third kappa shape index (κ3) is 1.33. The smallest absolute Gasteiger partial charge is 0.0608 e. The molecule has 1 radical (unpaired) electrons.